The summed E-state index contributed by atoms with van der Waals surface area (Å²) in [6, 6.07) is 7.68. The summed E-state index contributed by atoms with van der Waals surface area (Å²) in [6.45, 7) is 2.91. The molecule has 0 aliphatic carbocycles. The number of hydrogen-bond acceptors (Lipinski definition) is 9. The molecular formula is C19H18F3N3O5S. The van der Waals surface area contributed by atoms with Gasteiger partial charge in [-0.2, -0.15) is 18.6 Å². The highest BCUT2D eigenvalue weighted by Crippen LogP contribution is 2.46. The molecule has 8 nitrogen and oxygen atoms in total. The molecular weight excluding hydrogens is 439 g/mol. The number of carbonyl (C=O) groups is 2. The van der Waals surface area contributed by atoms with Crippen LogP contribution in [0.4, 0.5) is 18.3 Å². The van der Waals surface area contributed by atoms with Crippen LogP contribution in [0.2, 0.25) is 0 Å². The van der Waals surface area contributed by atoms with Gasteiger partial charge in [0.2, 0.25) is 5.13 Å². The summed E-state index contributed by atoms with van der Waals surface area (Å²) >= 11 is 0.825. The van der Waals surface area contributed by atoms with Gasteiger partial charge in [0.05, 0.1) is 18.9 Å². The number of carbonyl (C=O) groups excluding carboxylic acids is 2. The standard InChI is InChI=1S/C19H18F3N3O5S/c1-3-29-15(26)12-10-31-17(23-12)25-14(11-8-6-5-7-9-11)13(16(27)30-4-2)18(28,24-25)19(20,21)22/h5-10,24,28H,3-4H2,1-2H3/t18-/m1/s1. The van der Waals surface area contributed by atoms with Crippen LogP contribution >= 0.6 is 11.3 Å². The predicted molar refractivity (Wildman–Crippen MR) is 105 cm³/mol. The number of aromatic nitrogens is 1. The van der Waals surface area contributed by atoms with Crippen molar-refractivity contribution < 1.29 is 37.3 Å². The van der Waals surface area contributed by atoms with Crippen molar-refractivity contribution in [3.8, 4) is 0 Å². The van der Waals surface area contributed by atoms with Crippen LogP contribution < -0.4 is 10.4 Å². The average molecular weight is 457 g/mol. The minimum atomic E-state index is -5.29. The maximum absolute atomic E-state index is 13.9. The van der Waals surface area contributed by atoms with Crippen molar-refractivity contribution in [1.29, 1.82) is 0 Å². The lowest BCUT2D eigenvalue weighted by molar-refractivity contribution is -0.254. The first-order valence-corrected chi connectivity index (χ1v) is 9.99. The lowest BCUT2D eigenvalue weighted by atomic mass is 9.98. The van der Waals surface area contributed by atoms with Crippen LogP contribution in [-0.2, 0) is 14.3 Å². The molecule has 12 heteroatoms. The van der Waals surface area contributed by atoms with E-state index in [9.17, 15) is 27.9 Å². The van der Waals surface area contributed by atoms with Gasteiger partial charge >= 0.3 is 18.1 Å². The zero-order chi connectivity index (χ0) is 22.8. The molecule has 1 aromatic carbocycles. The number of ether oxygens (including phenoxy) is 2. The highest BCUT2D eigenvalue weighted by molar-refractivity contribution is 7.14. The zero-order valence-electron chi connectivity index (χ0n) is 16.4. The fraction of sp³-hybridized carbons (Fsp3) is 0.316. The number of aliphatic hydroxyl groups is 1. The maximum atomic E-state index is 13.9. The largest absolute Gasteiger partial charge is 0.462 e. The van der Waals surface area contributed by atoms with E-state index in [1.807, 2.05) is 5.43 Å². The summed E-state index contributed by atoms with van der Waals surface area (Å²) in [5, 5.41) is 12.6. The number of nitrogens with one attached hydrogen (secondary N) is 1. The molecule has 1 aliphatic rings. The number of thiazole rings is 1. The number of anilines is 1. The Morgan fingerprint density at radius 2 is 1.77 bits per heavy atom. The van der Waals surface area contributed by atoms with E-state index in [-0.39, 0.29) is 35.3 Å². The van der Waals surface area contributed by atoms with Crippen LogP contribution in [-0.4, -0.2) is 47.1 Å². The van der Waals surface area contributed by atoms with E-state index in [2.05, 4.69) is 4.98 Å². The van der Waals surface area contributed by atoms with Crippen molar-refractivity contribution in [1.82, 2.24) is 10.4 Å². The van der Waals surface area contributed by atoms with E-state index < -0.39 is 29.4 Å². The predicted octanol–water partition coefficient (Wildman–Crippen LogP) is 2.87. The van der Waals surface area contributed by atoms with Crippen molar-refractivity contribution in [3.63, 3.8) is 0 Å². The molecule has 2 aromatic rings. The number of benzene rings is 1. The Hall–Kier alpha value is -2.96. The van der Waals surface area contributed by atoms with E-state index in [4.69, 9.17) is 9.47 Å². The van der Waals surface area contributed by atoms with Gasteiger partial charge in [-0.1, -0.05) is 30.3 Å². The molecule has 2 heterocycles. The summed E-state index contributed by atoms with van der Waals surface area (Å²) in [7, 11) is 0. The molecule has 0 saturated heterocycles. The lowest BCUT2D eigenvalue weighted by Gasteiger charge is -2.29. The normalized spacial score (nSPS) is 19.0. The Morgan fingerprint density at radius 3 is 2.35 bits per heavy atom. The zero-order valence-corrected chi connectivity index (χ0v) is 17.2. The number of hydrazine groups is 1. The number of hydrogen-bond donors (Lipinski definition) is 2. The van der Waals surface area contributed by atoms with E-state index in [1.165, 1.54) is 24.4 Å². The van der Waals surface area contributed by atoms with E-state index >= 15 is 0 Å². The van der Waals surface area contributed by atoms with Crippen LogP contribution in [0.5, 0.6) is 0 Å². The average Bonchev–Trinajstić information content (AvgIpc) is 3.32. The summed E-state index contributed by atoms with van der Waals surface area (Å²) in [4.78, 5) is 28.5. The van der Waals surface area contributed by atoms with Crippen LogP contribution in [0.25, 0.3) is 5.70 Å². The minimum Gasteiger partial charge on any atom is -0.462 e. The highest BCUT2D eigenvalue weighted by atomic mass is 32.1. The second kappa shape index (κ2) is 8.65. The quantitative estimate of drug-likeness (QED) is 0.639. The first kappa shape index (κ1) is 22.7. The van der Waals surface area contributed by atoms with Crippen LogP contribution in [0.15, 0.2) is 41.3 Å². The molecule has 2 N–H and O–H groups in total. The minimum absolute atomic E-state index is 0.0870. The molecule has 166 valence electrons. The van der Waals surface area contributed by atoms with E-state index in [0.717, 1.165) is 16.3 Å². The summed E-state index contributed by atoms with van der Waals surface area (Å²) < 4.78 is 51.5. The summed E-state index contributed by atoms with van der Waals surface area (Å²) in [6.07, 6.45) is -5.29. The molecule has 1 aromatic heterocycles. The van der Waals surface area contributed by atoms with Gasteiger partial charge in [0.1, 0.15) is 5.57 Å². The van der Waals surface area contributed by atoms with Gasteiger partial charge in [-0.3, -0.25) is 0 Å². The monoisotopic (exact) mass is 457 g/mol. The van der Waals surface area contributed by atoms with Gasteiger partial charge < -0.3 is 14.6 Å². The number of rotatable bonds is 6. The third-order valence-electron chi connectivity index (χ3n) is 4.20. The Balaban J connectivity index is 2.22. The molecule has 0 bridgehead atoms. The molecule has 0 saturated carbocycles. The van der Waals surface area contributed by atoms with Gasteiger partial charge in [0.15, 0.2) is 5.69 Å². The third kappa shape index (κ3) is 4.13. The second-order valence-electron chi connectivity index (χ2n) is 6.20. The van der Waals surface area contributed by atoms with Crippen LogP contribution in [0.3, 0.4) is 0 Å². The van der Waals surface area contributed by atoms with Crippen molar-refractivity contribution in [2.45, 2.75) is 25.7 Å². The Kier molecular flexibility index (Phi) is 6.34. The lowest BCUT2D eigenvalue weighted by Crippen LogP contribution is -2.59. The first-order chi connectivity index (χ1) is 14.6. The maximum Gasteiger partial charge on any atom is 0.437 e. The van der Waals surface area contributed by atoms with E-state index in [0.29, 0.717) is 0 Å². The van der Waals surface area contributed by atoms with Crippen molar-refractivity contribution >= 4 is 34.1 Å². The number of alkyl halides is 3. The molecule has 1 atom stereocenters. The Morgan fingerprint density at radius 1 is 1.16 bits per heavy atom. The summed E-state index contributed by atoms with van der Waals surface area (Å²) in [5.74, 6) is -2.11. The topological polar surface area (TPSA) is 101 Å². The van der Waals surface area contributed by atoms with Crippen molar-refractivity contribution in [3.05, 3.63) is 52.5 Å². The first-order valence-electron chi connectivity index (χ1n) is 9.11. The number of halogens is 3. The van der Waals surface area contributed by atoms with Gasteiger partial charge in [-0.15, -0.1) is 11.3 Å². The fourth-order valence-electron chi connectivity index (χ4n) is 2.89. The fourth-order valence-corrected chi connectivity index (χ4v) is 3.65. The second-order valence-corrected chi connectivity index (χ2v) is 7.04. The molecule has 0 unspecified atom stereocenters. The Bertz CT molecular complexity index is 1010. The molecule has 0 fully saturated rings. The third-order valence-corrected chi connectivity index (χ3v) is 5.03. The van der Waals surface area contributed by atoms with Gasteiger partial charge in [0, 0.05) is 10.9 Å². The molecule has 31 heavy (non-hydrogen) atoms. The smallest absolute Gasteiger partial charge is 0.437 e. The SMILES string of the molecule is CCOC(=O)C1=C(c2ccccc2)N(c2nc(C(=O)OCC)cs2)N[C@]1(O)C(F)(F)F. The number of esters is 2. The molecule has 0 radical (unpaired) electrons. The molecule has 0 spiro atoms. The van der Waals surface area contributed by atoms with Crippen LogP contribution in [0.1, 0.15) is 29.9 Å². The van der Waals surface area contributed by atoms with Crippen molar-refractivity contribution in [2.24, 2.45) is 0 Å². The van der Waals surface area contributed by atoms with Gasteiger partial charge in [-0.25, -0.2) is 19.6 Å². The molecule has 0 amide bonds. The highest BCUT2D eigenvalue weighted by Gasteiger charge is 2.65. The van der Waals surface area contributed by atoms with Crippen molar-refractivity contribution in [2.75, 3.05) is 18.2 Å². The van der Waals surface area contributed by atoms with Gasteiger partial charge in [-0.05, 0) is 13.8 Å². The number of nitrogens with zero attached hydrogens (tertiary/aromatic N) is 2. The molecule has 1 aliphatic heterocycles. The summed E-state index contributed by atoms with van der Waals surface area (Å²) in [5.41, 5.74) is -3.10. The van der Waals surface area contributed by atoms with Crippen LogP contribution in [0, 0.1) is 0 Å². The molecule has 3 rings (SSSR count). The van der Waals surface area contributed by atoms with E-state index in [1.54, 1.807) is 25.1 Å². The van der Waals surface area contributed by atoms with Gasteiger partial charge in [0.25, 0.3) is 5.72 Å². The Labute approximate surface area is 178 Å².